The molecule has 72 valence electrons. The van der Waals surface area contributed by atoms with Crippen molar-refractivity contribution in [3.05, 3.63) is 43.1 Å². The van der Waals surface area contributed by atoms with Crippen molar-refractivity contribution in [1.82, 2.24) is 9.97 Å². The summed E-state index contributed by atoms with van der Waals surface area (Å²) in [6, 6.07) is 2.34. The van der Waals surface area contributed by atoms with E-state index < -0.39 is 16.9 Å². The number of nitrogens with one attached hydrogen (secondary N) is 2. The molecule has 14 heavy (non-hydrogen) atoms. The van der Waals surface area contributed by atoms with E-state index in [0.29, 0.717) is 9.99 Å². The summed E-state index contributed by atoms with van der Waals surface area (Å²) >= 11 is 3.07. The monoisotopic (exact) mass is 258 g/mol. The Hall–Kier alpha value is -1.43. The number of aromatic nitrogens is 2. The van der Waals surface area contributed by atoms with Gasteiger partial charge in [0.2, 0.25) is 0 Å². The number of benzene rings is 1. The van der Waals surface area contributed by atoms with Crippen LogP contribution in [0, 0.1) is 5.82 Å². The van der Waals surface area contributed by atoms with E-state index in [-0.39, 0.29) is 5.52 Å². The van der Waals surface area contributed by atoms with Gasteiger partial charge in [0.05, 0.1) is 11.0 Å². The summed E-state index contributed by atoms with van der Waals surface area (Å²) in [6.45, 7) is 0. The normalized spacial score (nSPS) is 10.7. The van der Waals surface area contributed by atoms with Crippen LogP contribution in [0.2, 0.25) is 0 Å². The van der Waals surface area contributed by atoms with E-state index >= 15 is 0 Å². The number of rotatable bonds is 0. The molecule has 0 saturated carbocycles. The summed E-state index contributed by atoms with van der Waals surface area (Å²) in [7, 11) is 0. The third-order valence-electron chi connectivity index (χ3n) is 1.75. The van der Waals surface area contributed by atoms with Crippen molar-refractivity contribution in [2.24, 2.45) is 0 Å². The zero-order valence-electron chi connectivity index (χ0n) is 6.73. The molecule has 0 aliphatic rings. The average molecular weight is 259 g/mol. The van der Waals surface area contributed by atoms with Gasteiger partial charge in [-0.15, -0.1) is 0 Å². The maximum atomic E-state index is 12.9. The van der Waals surface area contributed by atoms with Crippen molar-refractivity contribution in [2.75, 3.05) is 0 Å². The highest BCUT2D eigenvalue weighted by Crippen LogP contribution is 2.20. The van der Waals surface area contributed by atoms with Crippen LogP contribution in [0.15, 0.2) is 26.2 Å². The predicted octanol–water partition coefficient (Wildman–Crippen LogP) is 1.12. The summed E-state index contributed by atoms with van der Waals surface area (Å²) in [6.07, 6.45) is 0. The van der Waals surface area contributed by atoms with Gasteiger partial charge in [-0.2, -0.15) is 0 Å². The molecule has 2 aromatic rings. The third kappa shape index (κ3) is 1.37. The lowest BCUT2D eigenvalue weighted by molar-refractivity contribution is 0.628. The molecule has 1 aromatic heterocycles. The predicted molar refractivity (Wildman–Crippen MR) is 52.8 cm³/mol. The van der Waals surface area contributed by atoms with Gasteiger partial charge >= 0.3 is 11.1 Å². The highest BCUT2D eigenvalue weighted by atomic mass is 79.9. The lowest BCUT2D eigenvalue weighted by Gasteiger charge is -1.99. The number of fused-ring (bicyclic) bond motifs is 1. The Morgan fingerprint density at radius 3 is 2.50 bits per heavy atom. The Bertz CT molecular complexity index is 617. The molecule has 0 amide bonds. The van der Waals surface area contributed by atoms with Crippen molar-refractivity contribution >= 4 is 27.0 Å². The van der Waals surface area contributed by atoms with Crippen LogP contribution in [-0.4, -0.2) is 9.97 Å². The second-order valence-electron chi connectivity index (χ2n) is 2.72. The zero-order chi connectivity index (χ0) is 10.3. The summed E-state index contributed by atoms with van der Waals surface area (Å²) in [5, 5.41) is 0. The molecule has 0 aliphatic carbocycles. The summed E-state index contributed by atoms with van der Waals surface area (Å²) in [5.41, 5.74) is -0.933. The number of halogens is 2. The molecule has 2 rings (SSSR count). The lowest BCUT2D eigenvalue weighted by Crippen LogP contribution is -2.29. The fourth-order valence-electron chi connectivity index (χ4n) is 1.15. The van der Waals surface area contributed by atoms with Crippen LogP contribution in [0.4, 0.5) is 4.39 Å². The van der Waals surface area contributed by atoms with E-state index in [0.717, 1.165) is 6.07 Å². The van der Waals surface area contributed by atoms with Crippen LogP contribution in [-0.2, 0) is 0 Å². The van der Waals surface area contributed by atoms with Crippen LogP contribution < -0.4 is 11.1 Å². The maximum absolute atomic E-state index is 12.9. The molecule has 0 spiro atoms. The summed E-state index contributed by atoms with van der Waals surface area (Å²) in [5.74, 6) is -0.493. The van der Waals surface area contributed by atoms with E-state index in [1.807, 2.05) is 0 Å². The molecule has 4 nitrogen and oxygen atoms in total. The highest BCUT2D eigenvalue weighted by molar-refractivity contribution is 9.10. The minimum Gasteiger partial charge on any atom is -0.316 e. The van der Waals surface area contributed by atoms with E-state index in [1.165, 1.54) is 6.07 Å². The van der Waals surface area contributed by atoms with Gasteiger partial charge in [0, 0.05) is 4.47 Å². The number of H-pyrrole nitrogens is 2. The van der Waals surface area contributed by atoms with Gasteiger partial charge in [-0.1, -0.05) is 0 Å². The molecule has 0 saturated heterocycles. The number of hydrogen-bond donors (Lipinski definition) is 2. The Kier molecular flexibility index (Phi) is 1.99. The molecule has 1 aromatic carbocycles. The third-order valence-corrected chi connectivity index (χ3v) is 2.37. The largest absolute Gasteiger partial charge is 0.316 e. The first-order valence-electron chi connectivity index (χ1n) is 3.69. The fraction of sp³-hybridized carbons (Fsp3) is 0. The highest BCUT2D eigenvalue weighted by Gasteiger charge is 2.04. The zero-order valence-corrected chi connectivity index (χ0v) is 8.31. The second-order valence-corrected chi connectivity index (χ2v) is 3.57. The Morgan fingerprint density at radius 2 is 1.79 bits per heavy atom. The SMILES string of the molecule is O=c1[nH]c2cc(F)cc(Br)c2[nH]c1=O. The lowest BCUT2D eigenvalue weighted by atomic mass is 10.3. The Labute approximate surface area is 84.9 Å². The molecule has 0 atom stereocenters. The average Bonchev–Trinajstić information content (AvgIpc) is 2.08. The van der Waals surface area contributed by atoms with Gasteiger partial charge in [0.25, 0.3) is 0 Å². The Morgan fingerprint density at radius 1 is 1.14 bits per heavy atom. The van der Waals surface area contributed by atoms with Gasteiger partial charge in [-0.25, -0.2) is 4.39 Å². The van der Waals surface area contributed by atoms with Gasteiger partial charge in [-0.05, 0) is 28.1 Å². The van der Waals surface area contributed by atoms with Crippen molar-refractivity contribution in [1.29, 1.82) is 0 Å². The first kappa shape index (κ1) is 9.14. The van der Waals surface area contributed by atoms with Gasteiger partial charge in [0.15, 0.2) is 0 Å². The second kappa shape index (κ2) is 3.06. The molecular formula is C8H4BrFN2O2. The topological polar surface area (TPSA) is 65.7 Å². The molecule has 2 N–H and O–H groups in total. The molecular weight excluding hydrogens is 255 g/mol. The molecule has 0 unspecified atom stereocenters. The van der Waals surface area contributed by atoms with E-state index in [1.54, 1.807) is 0 Å². The van der Waals surface area contributed by atoms with Crippen LogP contribution in [0.5, 0.6) is 0 Å². The maximum Gasteiger partial charge on any atom is 0.314 e. The minimum absolute atomic E-state index is 0.251. The van der Waals surface area contributed by atoms with Crippen LogP contribution in [0.3, 0.4) is 0 Å². The van der Waals surface area contributed by atoms with Crippen molar-refractivity contribution < 1.29 is 4.39 Å². The van der Waals surface area contributed by atoms with Gasteiger partial charge in [-0.3, -0.25) is 9.59 Å². The molecule has 6 heteroatoms. The first-order valence-corrected chi connectivity index (χ1v) is 4.48. The molecule has 0 aliphatic heterocycles. The van der Waals surface area contributed by atoms with Crippen molar-refractivity contribution in [3.8, 4) is 0 Å². The van der Waals surface area contributed by atoms with Gasteiger partial charge < -0.3 is 9.97 Å². The van der Waals surface area contributed by atoms with Crippen LogP contribution in [0.25, 0.3) is 11.0 Å². The van der Waals surface area contributed by atoms with Crippen LogP contribution >= 0.6 is 15.9 Å². The summed E-state index contributed by atoms with van der Waals surface area (Å²) < 4.78 is 13.3. The molecule has 0 bridgehead atoms. The van der Waals surface area contributed by atoms with Crippen molar-refractivity contribution in [3.63, 3.8) is 0 Å². The summed E-state index contributed by atoms with van der Waals surface area (Å²) in [4.78, 5) is 26.5. The first-order chi connectivity index (χ1) is 6.58. The minimum atomic E-state index is -0.796. The van der Waals surface area contributed by atoms with Crippen LogP contribution in [0.1, 0.15) is 0 Å². The van der Waals surface area contributed by atoms with Gasteiger partial charge in [0.1, 0.15) is 5.82 Å². The fourth-order valence-corrected chi connectivity index (χ4v) is 1.68. The number of hydrogen-bond acceptors (Lipinski definition) is 2. The quantitative estimate of drug-likeness (QED) is 0.696. The molecule has 0 fully saturated rings. The Balaban J connectivity index is 3.03. The number of aromatic amines is 2. The smallest absolute Gasteiger partial charge is 0.314 e. The molecule has 1 heterocycles. The van der Waals surface area contributed by atoms with E-state index in [2.05, 4.69) is 25.9 Å². The standard InChI is InChI=1S/C8H4BrFN2O2/c9-4-1-3(10)2-5-6(4)12-8(14)7(13)11-5/h1-2H,(H,11,13)(H,12,14). The van der Waals surface area contributed by atoms with Crippen molar-refractivity contribution in [2.45, 2.75) is 0 Å². The van der Waals surface area contributed by atoms with E-state index in [4.69, 9.17) is 0 Å². The molecule has 0 radical (unpaired) electrons. The van der Waals surface area contributed by atoms with E-state index in [9.17, 15) is 14.0 Å².